The highest BCUT2D eigenvalue weighted by atomic mass is 16.3. The van der Waals surface area contributed by atoms with Gasteiger partial charge >= 0.3 is 0 Å². The lowest BCUT2D eigenvalue weighted by atomic mass is 9.74. The normalized spacial score (nSPS) is 45.5. The van der Waals surface area contributed by atoms with E-state index in [1.165, 1.54) is 57.8 Å². The Kier molecular flexibility index (Phi) is 4.48. The molecule has 0 amide bonds. The van der Waals surface area contributed by atoms with Gasteiger partial charge in [-0.1, -0.05) is 44.9 Å². The maximum absolute atomic E-state index is 10.9. The van der Waals surface area contributed by atoms with Gasteiger partial charge in [-0.2, -0.15) is 0 Å². The molecule has 3 fully saturated rings. The average molecular weight is 266 g/mol. The largest absolute Gasteiger partial charge is 0.393 e. The van der Waals surface area contributed by atoms with Gasteiger partial charge in [0.05, 0.1) is 12.2 Å². The molecule has 5 atom stereocenters. The number of aliphatic hydroxyl groups excluding tert-OH is 2. The van der Waals surface area contributed by atoms with Gasteiger partial charge in [0.2, 0.25) is 0 Å². The van der Waals surface area contributed by atoms with Gasteiger partial charge in [-0.15, -0.1) is 0 Å². The zero-order chi connectivity index (χ0) is 13.2. The minimum atomic E-state index is -0.246. The topological polar surface area (TPSA) is 40.5 Å². The van der Waals surface area contributed by atoms with Crippen LogP contribution in [0.3, 0.4) is 0 Å². The van der Waals surface area contributed by atoms with Crippen LogP contribution in [0.1, 0.15) is 70.6 Å². The van der Waals surface area contributed by atoms with Crippen molar-refractivity contribution in [1.29, 1.82) is 0 Å². The molecule has 0 aromatic heterocycles. The molecule has 3 saturated carbocycles. The molecule has 0 aromatic carbocycles. The highest BCUT2D eigenvalue weighted by Gasteiger charge is 2.43. The molecular formula is C17H30O2. The van der Waals surface area contributed by atoms with Crippen LogP contribution in [-0.4, -0.2) is 22.4 Å². The van der Waals surface area contributed by atoms with Gasteiger partial charge in [-0.25, -0.2) is 0 Å². The van der Waals surface area contributed by atoms with Gasteiger partial charge in [-0.3, -0.25) is 0 Å². The summed E-state index contributed by atoms with van der Waals surface area (Å²) in [6.07, 6.45) is 13.1. The van der Waals surface area contributed by atoms with Crippen molar-refractivity contribution in [2.75, 3.05) is 0 Å². The Morgan fingerprint density at radius 2 is 1.16 bits per heavy atom. The van der Waals surface area contributed by atoms with E-state index in [1.807, 2.05) is 0 Å². The van der Waals surface area contributed by atoms with Gasteiger partial charge in [0.15, 0.2) is 0 Å². The van der Waals surface area contributed by atoms with Crippen molar-refractivity contribution in [2.24, 2.45) is 23.7 Å². The second-order valence-electron chi connectivity index (χ2n) is 7.32. The number of rotatable bonds is 1. The Labute approximate surface area is 117 Å². The second-order valence-corrected chi connectivity index (χ2v) is 7.32. The Bertz CT molecular complexity index is 285. The molecule has 2 nitrogen and oxygen atoms in total. The zero-order valence-corrected chi connectivity index (χ0v) is 12.1. The van der Waals surface area contributed by atoms with E-state index in [9.17, 15) is 10.2 Å². The SMILES string of the molecule is OC1CCCCC2CCCC(C3CCCC3)C(O)C12. The molecule has 0 radical (unpaired) electrons. The Morgan fingerprint density at radius 1 is 0.579 bits per heavy atom. The monoisotopic (exact) mass is 266 g/mol. The first-order valence-corrected chi connectivity index (χ1v) is 8.63. The number of aliphatic hydroxyl groups is 2. The Balaban J connectivity index is 1.77. The van der Waals surface area contributed by atoms with Gasteiger partial charge < -0.3 is 10.2 Å². The van der Waals surface area contributed by atoms with Crippen molar-refractivity contribution < 1.29 is 10.2 Å². The molecule has 0 heterocycles. The number of hydrogen-bond donors (Lipinski definition) is 2. The van der Waals surface area contributed by atoms with Crippen molar-refractivity contribution in [1.82, 2.24) is 0 Å². The summed E-state index contributed by atoms with van der Waals surface area (Å²) in [5, 5.41) is 21.4. The van der Waals surface area contributed by atoms with E-state index in [2.05, 4.69) is 0 Å². The molecule has 3 aliphatic carbocycles. The van der Waals surface area contributed by atoms with Crippen molar-refractivity contribution in [2.45, 2.75) is 82.8 Å². The fourth-order valence-corrected chi connectivity index (χ4v) is 5.27. The molecule has 0 spiro atoms. The third-order valence-electron chi connectivity index (χ3n) is 6.26. The van der Waals surface area contributed by atoms with Crippen LogP contribution in [-0.2, 0) is 0 Å². The van der Waals surface area contributed by atoms with E-state index in [0.717, 1.165) is 18.8 Å². The number of hydrogen-bond acceptors (Lipinski definition) is 2. The van der Waals surface area contributed by atoms with Crippen molar-refractivity contribution in [3.63, 3.8) is 0 Å². The van der Waals surface area contributed by atoms with E-state index in [0.29, 0.717) is 11.8 Å². The highest BCUT2D eigenvalue weighted by Crippen LogP contribution is 2.45. The van der Waals surface area contributed by atoms with Crippen LogP contribution >= 0.6 is 0 Å². The van der Waals surface area contributed by atoms with Crippen LogP contribution in [0.25, 0.3) is 0 Å². The fraction of sp³-hybridized carbons (Fsp3) is 1.00. The van der Waals surface area contributed by atoms with Crippen LogP contribution in [0.5, 0.6) is 0 Å². The highest BCUT2D eigenvalue weighted by molar-refractivity contribution is 4.93. The van der Waals surface area contributed by atoms with Crippen LogP contribution in [0, 0.1) is 23.7 Å². The summed E-state index contributed by atoms with van der Waals surface area (Å²) in [6, 6.07) is 0. The molecule has 3 aliphatic rings. The van der Waals surface area contributed by atoms with E-state index < -0.39 is 0 Å². The van der Waals surface area contributed by atoms with Crippen molar-refractivity contribution in [3.8, 4) is 0 Å². The molecule has 0 aromatic rings. The third kappa shape index (κ3) is 2.85. The van der Waals surface area contributed by atoms with E-state index >= 15 is 0 Å². The summed E-state index contributed by atoms with van der Waals surface area (Å²) in [5.41, 5.74) is 0. The first-order chi connectivity index (χ1) is 9.27. The van der Waals surface area contributed by atoms with Gasteiger partial charge in [0.1, 0.15) is 0 Å². The van der Waals surface area contributed by atoms with E-state index in [1.54, 1.807) is 0 Å². The summed E-state index contributed by atoms with van der Waals surface area (Å²) >= 11 is 0. The van der Waals surface area contributed by atoms with Crippen LogP contribution in [0.15, 0.2) is 0 Å². The van der Waals surface area contributed by atoms with Crippen LogP contribution in [0.4, 0.5) is 0 Å². The van der Waals surface area contributed by atoms with Crippen LogP contribution < -0.4 is 0 Å². The van der Waals surface area contributed by atoms with E-state index in [-0.39, 0.29) is 18.1 Å². The molecule has 19 heavy (non-hydrogen) atoms. The molecular weight excluding hydrogens is 236 g/mol. The summed E-state index contributed by atoms with van der Waals surface area (Å²) in [7, 11) is 0. The average Bonchev–Trinajstić information content (AvgIpc) is 2.79. The summed E-state index contributed by atoms with van der Waals surface area (Å²) in [6.45, 7) is 0. The van der Waals surface area contributed by atoms with Crippen molar-refractivity contribution >= 4 is 0 Å². The zero-order valence-electron chi connectivity index (χ0n) is 12.1. The first-order valence-electron chi connectivity index (χ1n) is 8.63. The Morgan fingerprint density at radius 3 is 1.89 bits per heavy atom. The minimum absolute atomic E-state index is 0.176. The molecule has 0 aliphatic heterocycles. The smallest absolute Gasteiger partial charge is 0.0626 e. The minimum Gasteiger partial charge on any atom is -0.393 e. The third-order valence-corrected chi connectivity index (χ3v) is 6.26. The molecule has 5 unspecified atom stereocenters. The molecule has 0 saturated heterocycles. The predicted molar refractivity (Wildman–Crippen MR) is 76.8 cm³/mol. The second kappa shape index (κ2) is 6.13. The lowest BCUT2D eigenvalue weighted by Gasteiger charge is -2.36. The van der Waals surface area contributed by atoms with E-state index in [4.69, 9.17) is 0 Å². The van der Waals surface area contributed by atoms with Crippen LogP contribution in [0.2, 0.25) is 0 Å². The van der Waals surface area contributed by atoms with Gasteiger partial charge in [0, 0.05) is 5.92 Å². The maximum Gasteiger partial charge on any atom is 0.0626 e. The molecule has 0 bridgehead atoms. The predicted octanol–water partition coefficient (Wildman–Crippen LogP) is 3.50. The maximum atomic E-state index is 10.9. The summed E-state index contributed by atoms with van der Waals surface area (Å²) < 4.78 is 0. The molecule has 2 N–H and O–H groups in total. The molecule has 2 heteroatoms. The van der Waals surface area contributed by atoms with Crippen molar-refractivity contribution in [3.05, 3.63) is 0 Å². The summed E-state index contributed by atoms with van der Waals surface area (Å²) in [4.78, 5) is 0. The lowest BCUT2D eigenvalue weighted by Crippen LogP contribution is -2.41. The fourth-order valence-electron chi connectivity index (χ4n) is 5.27. The molecule has 110 valence electrons. The van der Waals surface area contributed by atoms with Gasteiger partial charge in [0.25, 0.3) is 0 Å². The Hall–Kier alpha value is -0.0800. The van der Waals surface area contributed by atoms with Gasteiger partial charge in [-0.05, 0) is 43.4 Å². The summed E-state index contributed by atoms with van der Waals surface area (Å²) in [5.74, 6) is 1.98. The first kappa shape index (κ1) is 13.9. The number of fused-ring (bicyclic) bond motifs is 1. The lowest BCUT2D eigenvalue weighted by molar-refractivity contribution is -0.0500. The quantitative estimate of drug-likeness (QED) is 0.762. The standard InChI is InChI=1S/C17H30O2/c18-15-11-4-3-8-13-9-5-10-14(17(19)16(13)15)12-6-1-2-7-12/h12-19H,1-11H2. The molecule has 3 rings (SSSR count).